The summed E-state index contributed by atoms with van der Waals surface area (Å²) in [7, 11) is 0. The van der Waals surface area contributed by atoms with Crippen molar-refractivity contribution < 1.29 is 8.83 Å². The Kier molecular flexibility index (Phi) is 4.54. The Hall–Kier alpha value is -2.18. The topological polar surface area (TPSA) is 52.1 Å². The fraction of sp³-hybridized carbons (Fsp3) is 0.100. The van der Waals surface area contributed by atoms with Crippen LogP contribution in [0.4, 0.5) is 0 Å². The van der Waals surface area contributed by atoms with E-state index in [0.29, 0.717) is 23.3 Å². The summed E-state index contributed by atoms with van der Waals surface area (Å²) >= 11 is 7.19. The van der Waals surface area contributed by atoms with Gasteiger partial charge in [-0.05, 0) is 12.1 Å². The molecule has 0 spiro atoms. The normalized spacial score (nSPS) is 11.1. The number of oxazole rings is 2. The molecule has 0 unspecified atom stereocenters. The van der Waals surface area contributed by atoms with E-state index in [9.17, 15) is 0 Å². The highest BCUT2D eigenvalue weighted by molar-refractivity contribution is 9.11. The molecule has 4 rings (SSSR count). The summed E-state index contributed by atoms with van der Waals surface area (Å²) in [4.78, 5) is 9.18. The van der Waals surface area contributed by atoms with Crippen molar-refractivity contribution >= 4 is 31.9 Å². The summed E-state index contributed by atoms with van der Waals surface area (Å²) in [6.07, 6.45) is 0. The second-order valence-electron chi connectivity index (χ2n) is 5.78. The van der Waals surface area contributed by atoms with Crippen LogP contribution in [0.15, 0.2) is 66.3 Å². The molecule has 0 aliphatic carbocycles. The van der Waals surface area contributed by atoms with E-state index in [4.69, 9.17) is 8.83 Å². The third-order valence-electron chi connectivity index (χ3n) is 3.93. The van der Waals surface area contributed by atoms with Crippen LogP contribution in [-0.4, -0.2) is 9.97 Å². The maximum Gasteiger partial charge on any atom is 0.200 e. The molecular formula is C20H14Br2N2O2. The molecular weight excluding hydrogens is 460 g/mol. The smallest absolute Gasteiger partial charge is 0.200 e. The molecule has 4 nitrogen and oxygen atoms in total. The van der Waals surface area contributed by atoms with E-state index >= 15 is 0 Å². The largest absolute Gasteiger partial charge is 0.437 e. The van der Waals surface area contributed by atoms with Crippen LogP contribution in [0, 0.1) is 13.8 Å². The van der Waals surface area contributed by atoms with Crippen LogP contribution in [0.1, 0.15) is 11.8 Å². The van der Waals surface area contributed by atoms with Crippen LogP contribution >= 0.6 is 31.9 Å². The Bertz CT molecular complexity index is 1010. The van der Waals surface area contributed by atoms with Gasteiger partial charge in [0.15, 0.2) is 23.3 Å². The molecule has 0 atom stereocenters. The van der Waals surface area contributed by atoms with Crippen LogP contribution in [0.5, 0.6) is 0 Å². The quantitative estimate of drug-likeness (QED) is 0.328. The van der Waals surface area contributed by atoms with E-state index in [-0.39, 0.29) is 0 Å². The second kappa shape index (κ2) is 6.85. The third kappa shape index (κ3) is 3.04. The van der Waals surface area contributed by atoms with Crippen molar-refractivity contribution in [2.45, 2.75) is 13.8 Å². The highest BCUT2D eigenvalue weighted by Crippen LogP contribution is 2.42. The van der Waals surface area contributed by atoms with E-state index in [1.165, 1.54) is 0 Å². The molecule has 0 N–H and O–H groups in total. The Labute approximate surface area is 167 Å². The van der Waals surface area contributed by atoms with E-state index in [2.05, 4.69) is 41.8 Å². The van der Waals surface area contributed by atoms with E-state index in [0.717, 1.165) is 31.5 Å². The molecule has 2 aromatic heterocycles. The van der Waals surface area contributed by atoms with Crippen LogP contribution in [0.3, 0.4) is 0 Å². The van der Waals surface area contributed by atoms with Crippen molar-refractivity contribution in [2.75, 3.05) is 0 Å². The van der Waals surface area contributed by atoms with Gasteiger partial charge in [0.2, 0.25) is 0 Å². The van der Waals surface area contributed by atoms with Gasteiger partial charge in [-0.1, -0.05) is 68.3 Å². The van der Waals surface area contributed by atoms with Gasteiger partial charge in [-0.15, -0.1) is 0 Å². The van der Waals surface area contributed by atoms with Gasteiger partial charge in [0, 0.05) is 33.9 Å². The first-order valence-electron chi connectivity index (χ1n) is 7.99. The van der Waals surface area contributed by atoms with E-state index in [1.54, 1.807) is 0 Å². The van der Waals surface area contributed by atoms with Crippen molar-refractivity contribution in [2.24, 2.45) is 0 Å². The van der Waals surface area contributed by atoms with Gasteiger partial charge in [-0.2, -0.15) is 0 Å². The fourth-order valence-corrected chi connectivity index (χ4v) is 3.78. The molecule has 6 heteroatoms. The molecule has 0 bridgehead atoms. The zero-order valence-corrected chi connectivity index (χ0v) is 17.3. The zero-order chi connectivity index (χ0) is 18.3. The van der Waals surface area contributed by atoms with Crippen LogP contribution in [0.25, 0.3) is 34.0 Å². The molecule has 2 heterocycles. The third-order valence-corrected chi connectivity index (χ3v) is 5.32. The average molecular weight is 474 g/mol. The van der Waals surface area contributed by atoms with Crippen LogP contribution in [-0.2, 0) is 0 Å². The monoisotopic (exact) mass is 472 g/mol. The molecule has 0 saturated carbocycles. The Morgan fingerprint density at radius 3 is 1.42 bits per heavy atom. The summed E-state index contributed by atoms with van der Waals surface area (Å²) in [6.45, 7) is 3.65. The predicted molar refractivity (Wildman–Crippen MR) is 108 cm³/mol. The number of aryl methyl sites for hydroxylation is 2. The Morgan fingerprint density at radius 1 is 0.654 bits per heavy atom. The van der Waals surface area contributed by atoms with Crippen molar-refractivity contribution in [1.29, 1.82) is 0 Å². The lowest BCUT2D eigenvalue weighted by Crippen LogP contribution is -1.87. The lowest BCUT2D eigenvalue weighted by Gasteiger charge is -2.05. The molecule has 0 aliphatic rings. The van der Waals surface area contributed by atoms with Gasteiger partial charge in [-0.3, -0.25) is 0 Å². The molecule has 26 heavy (non-hydrogen) atoms. The number of hydrogen-bond acceptors (Lipinski definition) is 4. The highest BCUT2D eigenvalue weighted by atomic mass is 79.9. The molecule has 0 saturated heterocycles. The first-order chi connectivity index (χ1) is 12.5. The molecule has 4 aromatic rings. The van der Waals surface area contributed by atoms with Gasteiger partial charge in [0.1, 0.15) is 11.4 Å². The SMILES string of the molecule is Cc1nc(-c2ccccc2Br)c(-c2oc(C)nc2-c2ccccc2Br)o1. The van der Waals surface area contributed by atoms with Crippen molar-refractivity contribution in [3.05, 3.63) is 69.3 Å². The molecule has 0 fully saturated rings. The first-order valence-corrected chi connectivity index (χ1v) is 9.58. The number of halogens is 2. The molecule has 0 radical (unpaired) electrons. The van der Waals surface area contributed by atoms with Crippen molar-refractivity contribution in [1.82, 2.24) is 9.97 Å². The average Bonchev–Trinajstić information content (AvgIpc) is 3.18. The minimum Gasteiger partial charge on any atom is -0.437 e. The second-order valence-corrected chi connectivity index (χ2v) is 7.49. The van der Waals surface area contributed by atoms with Gasteiger partial charge in [-0.25, -0.2) is 9.97 Å². The Balaban J connectivity index is 1.97. The Morgan fingerprint density at radius 2 is 1.04 bits per heavy atom. The number of rotatable bonds is 3. The lowest BCUT2D eigenvalue weighted by molar-refractivity contribution is 0.485. The number of benzene rings is 2. The maximum absolute atomic E-state index is 5.94. The van der Waals surface area contributed by atoms with Gasteiger partial charge in [0.25, 0.3) is 0 Å². The maximum atomic E-state index is 5.94. The summed E-state index contributed by atoms with van der Waals surface area (Å²) in [5.41, 5.74) is 3.32. The number of hydrogen-bond donors (Lipinski definition) is 0. The minimum atomic E-state index is 0.567. The predicted octanol–water partition coefficient (Wildman–Crippen LogP) is 6.81. The number of aromatic nitrogens is 2. The molecule has 2 aromatic carbocycles. The number of nitrogens with zero attached hydrogens (tertiary/aromatic N) is 2. The summed E-state index contributed by atoms with van der Waals surface area (Å²) < 4.78 is 13.8. The summed E-state index contributed by atoms with van der Waals surface area (Å²) in [5, 5.41) is 0. The first kappa shape index (κ1) is 17.2. The minimum absolute atomic E-state index is 0.567. The lowest BCUT2D eigenvalue weighted by atomic mass is 10.1. The summed E-state index contributed by atoms with van der Waals surface area (Å²) in [5.74, 6) is 2.28. The fourth-order valence-electron chi connectivity index (χ4n) is 2.83. The summed E-state index contributed by atoms with van der Waals surface area (Å²) in [6, 6.07) is 15.8. The van der Waals surface area contributed by atoms with Gasteiger partial charge in [0.05, 0.1) is 0 Å². The standard InChI is InChI=1S/C20H14Br2N2O2/c1-11-23-17(13-7-3-5-9-15(13)21)19(25-11)20-18(24-12(2)26-20)14-8-4-6-10-16(14)22/h3-10H,1-2H3. The van der Waals surface area contributed by atoms with E-state index < -0.39 is 0 Å². The molecule has 0 amide bonds. The van der Waals surface area contributed by atoms with E-state index in [1.807, 2.05) is 62.4 Å². The molecule has 0 aliphatic heterocycles. The molecule has 130 valence electrons. The highest BCUT2D eigenvalue weighted by Gasteiger charge is 2.25. The zero-order valence-electron chi connectivity index (χ0n) is 14.1. The van der Waals surface area contributed by atoms with Crippen molar-refractivity contribution in [3.8, 4) is 34.0 Å². The van der Waals surface area contributed by atoms with Gasteiger partial charge < -0.3 is 8.83 Å². The van der Waals surface area contributed by atoms with Gasteiger partial charge >= 0.3 is 0 Å². The van der Waals surface area contributed by atoms with Crippen LogP contribution < -0.4 is 0 Å². The van der Waals surface area contributed by atoms with Crippen molar-refractivity contribution in [3.63, 3.8) is 0 Å². The van der Waals surface area contributed by atoms with Crippen LogP contribution in [0.2, 0.25) is 0 Å².